The zero-order chi connectivity index (χ0) is 10.6. The minimum atomic E-state index is 0. The van der Waals surface area contributed by atoms with Crippen LogP contribution in [0.4, 0.5) is 11.4 Å². The highest BCUT2D eigenvalue weighted by molar-refractivity contribution is 5.85. The molecule has 1 rings (SSSR count). The van der Waals surface area contributed by atoms with Gasteiger partial charge in [-0.1, -0.05) is 6.07 Å². The minimum Gasteiger partial charge on any atom is -0.399 e. The molecule has 5 heteroatoms. The summed E-state index contributed by atoms with van der Waals surface area (Å²) in [5.74, 6) is 0. The summed E-state index contributed by atoms with van der Waals surface area (Å²) in [7, 11) is 0. The van der Waals surface area contributed by atoms with Gasteiger partial charge in [0, 0.05) is 24.0 Å². The van der Waals surface area contributed by atoms with Crippen LogP contribution < -0.4 is 16.8 Å². The van der Waals surface area contributed by atoms with Crippen molar-refractivity contribution in [3.8, 4) is 0 Å². The predicted octanol–water partition coefficient (Wildman–Crippen LogP) is 0.743. The van der Waals surface area contributed by atoms with Gasteiger partial charge in [0.1, 0.15) is 0 Å². The van der Waals surface area contributed by atoms with Crippen LogP contribution in [0.5, 0.6) is 0 Å². The Morgan fingerprint density at radius 3 is 2.60 bits per heavy atom. The SMILES string of the molecule is CC(CO)NCc1ccc(N)cc1N.Cl. The van der Waals surface area contributed by atoms with Crippen molar-refractivity contribution in [1.29, 1.82) is 0 Å². The van der Waals surface area contributed by atoms with Gasteiger partial charge < -0.3 is 21.9 Å². The van der Waals surface area contributed by atoms with Gasteiger partial charge in [0.15, 0.2) is 0 Å². The highest BCUT2D eigenvalue weighted by atomic mass is 35.5. The third kappa shape index (κ3) is 4.38. The van der Waals surface area contributed by atoms with Gasteiger partial charge >= 0.3 is 0 Å². The van der Waals surface area contributed by atoms with Gasteiger partial charge in [-0.05, 0) is 24.6 Å². The summed E-state index contributed by atoms with van der Waals surface area (Å²) in [6.07, 6.45) is 0. The first-order chi connectivity index (χ1) is 6.63. The van der Waals surface area contributed by atoms with Gasteiger partial charge in [-0.3, -0.25) is 0 Å². The van der Waals surface area contributed by atoms with Crippen LogP contribution in [0.15, 0.2) is 18.2 Å². The summed E-state index contributed by atoms with van der Waals surface area (Å²) in [4.78, 5) is 0. The summed E-state index contributed by atoms with van der Waals surface area (Å²) in [5.41, 5.74) is 13.7. The maximum atomic E-state index is 8.81. The average molecular weight is 232 g/mol. The molecule has 0 fully saturated rings. The molecule has 86 valence electrons. The lowest BCUT2D eigenvalue weighted by Gasteiger charge is -2.12. The molecule has 0 saturated carbocycles. The second-order valence-corrected chi connectivity index (χ2v) is 3.42. The first kappa shape index (κ1) is 14.0. The summed E-state index contributed by atoms with van der Waals surface area (Å²) in [5, 5.41) is 12.0. The van der Waals surface area contributed by atoms with E-state index in [1.54, 1.807) is 6.07 Å². The predicted molar refractivity (Wildman–Crippen MR) is 65.9 cm³/mol. The van der Waals surface area contributed by atoms with Crippen LogP contribution in [-0.4, -0.2) is 17.8 Å². The first-order valence-corrected chi connectivity index (χ1v) is 4.61. The van der Waals surface area contributed by atoms with E-state index in [9.17, 15) is 0 Å². The van der Waals surface area contributed by atoms with Crippen molar-refractivity contribution in [3.05, 3.63) is 23.8 Å². The maximum absolute atomic E-state index is 8.81. The molecule has 1 aromatic carbocycles. The van der Waals surface area contributed by atoms with Gasteiger partial charge in [-0.25, -0.2) is 0 Å². The molecule has 0 heterocycles. The number of hydrogen-bond acceptors (Lipinski definition) is 4. The molecule has 0 aliphatic heterocycles. The Kier molecular flexibility index (Phi) is 6.08. The number of hydrogen-bond donors (Lipinski definition) is 4. The zero-order valence-electron chi connectivity index (χ0n) is 8.73. The number of nitrogen functional groups attached to an aromatic ring is 2. The number of nitrogens with one attached hydrogen (secondary N) is 1. The lowest BCUT2D eigenvalue weighted by atomic mass is 10.1. The van der Waals surface area contributed by atoms with Gasteiger partial charge in [0.05, 0.1) is 6.61 Å². The van der Waals surface area contributed by atoms with Crippen LogP contribution >= 0.6 is 12.4 Å². The van der Waals surface area contributed by atoms with Crippen molar-refractivity contribution >= 4 is 23.8 Å². The molecule has 0 bridgehead atoms. The molecule has 6 N–H and O–H groups in total. The van der Waals surface area contributed by atoms with E-state index in [1.165, 1.54) is 0 Å². The van der Waals surface area contributed by atoms with Crippen molar-refractivity contribution in [1.82, 2.24) is 5.32 Å². The summed E-state index contributed by atoms with van der Waals surface area (Å²) >= 11 is 0. The maximum Gasteiger partial charge on any atom is 0.0582 e. The summed E-state index contributed by atoms with van der Waals surface area (Å²) < 4.78 is 0. The third-order valence-electron chi connectivity index (χ3n) is 2.08. The Morgan fingerprint density at radius 1 is 1.40 bits per heavy atom. The van der Waals surface area contributed by atoms with E-state index in [-0.39, 0.29) is 25.1 Å². The second-order valence-electron chi connectivity index (χ2n) is 3.42. The van der Waals surface area contributed by atoms with E-state index >= 15 is 0 Å². The fourth-order valence-corrected chi connectivity index (χ4v) is 1.12. The van der Waals surface area contributed by atoms with Crippen molar-refractivity contribution in [2.75, 3.05) is 18.1 Å². The normalized spacial score (nSPS) is 11.9. The van der Waals surface area contributed by atoms with E-state index in [0.717, 1.165) is 5.56 Å². The van der Waals surface area contributed by atoms with E-state index in [1.807, 2.05) is 19.1 Å². The van der Waals surface area contributed by atoms with Crippen molar-refractivity contribution < 1.29 is 5.11 Å². The topological polar surface area (TPSA) is 84.3 Å². The Labute approximate surface area is 96.1 Å². The molecule has 0 amide bonds. The lowest BCUT2D eigenvalue weighted by Crippen LogP contribution is -2.28. The van der Waals surface area contributed by atoms with E-state index < -0.39 is 0 Å². The Bertz CT molecular complexity index is 307. The Balaban J connectivity index is 0.00000196. The van der Waals surface area contributed by atoms with Crippen LogP contribution in [0.25, 0.3) is 0 Å². The van der Waals surface area contributed by atoms with E-state index in [2.05, 4.69) is 5.32 Å². The van der Waals surface area contributed by atoms with Crippen molar-refractivity contribution in [3.63, 3.8) is 0 Å². The molecular formula is C10H18ClN3O. The molecule has 1 unspecified atom stereocenters. The van der Waals surface area contributed by atoms with Gasteiger partial charge in [-0.15, -0.1) is 12.4 Å². The number of benzene rings is 1. The number of aliphatic hydroxyl groups excluding tert-OH is 1. The van der Waals surface area contributed by atoms with Gasteiger partial charge in [0.25, 0.3) is 0 Å². The molecule has 0 radical (unpaired) electrons. The van der Waals surface area contributed by atoms with E-state index in [0.29, 0.717) is 17.9 Å². The molecule has 0 aliphatic carbocycles. The molecule has 1 aromatic rings. The second kappa shape index (κ2) is 6.50. The van der Waals surface area contributed by atoms with Crippen molar-refractivity contribution in [2.24, 2.45) is 0 Å². The first-order valence-electron chi connectivity index (χ1n) is 4.61. The number of anilines is 2. The third-order valence-corrected chi connectivity index (χ3v) is 2.08. The number of halogens is 1. The fourth-order valence-electron chi connectivity index (χ4n) is 1.12. The van der Waals surface area contributed by atoms with Crippen LogP contribution in [0.1, 0.15) is 12.5 Å². The molecule has 0 spiro atoms. The highest BCUT2D eigenvalue weighted by Gasteiger charge is 2.02. The number of rotatable bonds is 4. The fraction of sp³-hybridized carbons (Fsp3) is 0.400. The molecule has 15 heavy (non-hydrogen) atoms. The van der Waals surface area contributed by atoms with Crippen LogP contribution in [-0.2, 0) is 6.54 Å². The molecule has 1 atom stereocenters. The largest absolute Gasteiger partial charge is 0.399 e. The minimum absolute atomic E-state index is 0. The Morgan fingerprint density at radius 2 is 2.07 bits per heavy atom. The smallest absolute Gasteiger partial charge is 0.0582 e. The van der Waals surface area contributed by atoms with Crippen molar-refractivity contribution in [2.45, 2.75) is 19.5 Å². The number of nitrogens with two attached hydrogens (primary N) is 2. The van der Waals surface area contributed by atoms with Crippen LogP contribution in [0.3, 0.4) is 0 Å². The molecule has 0 aliphatic rings. The molecular weight excluding hydrogens is 214 g/mol. The van der Waals surface area contributed by atoms with Crippen LogP contribution in [0.2, 0.25) is 0 Å². The molecule has 0 aromatic heterocycles. The lowest BCUT2D eigenvalue weighted by molar-refractivity contribution is 0.251. The quantitative estimate of drug-likeness (QED) is 0.576. The monoisotopic (exact) mass is 231 g/mol. The molecule has 0 saturated heterocycles. The standard InChI is InChI=1S/C10H17N3O.ClH/c1-7(6-14)13-5-8-2-3-9(11)4-10(8)12;/h2-4,7,13-14H,5-6,11-12H2,1H3;1H. The van der Waals surface area contributed by atoms with Gasteiger partial charge in [-0.2, -0.15) is 0 Å². The van der Waals surface area contributed by atoms with Gasteiger partial charge in [0.2, 0.25) is 0 Å². The summed E-state index contributed by atoms with van der Waals surface area (Å²) in [6.45, 7) is 2.68. The number of aliphatic hydroxyl groups is 1. The summed E-state index contributed by atoms with van der Waals surface area (Å²) in [6, 6.07) is 5.52. The Hall–Kier alpha value is -0.970. The highest BCUT2D eigenvalue weighted by Crippen LogP contribution is 2.15. The average Bonchev–Trinajstić information content (AvgIpc) is 2.16. The molecule has 4 nitrogen and oxygen atoms in total. The van der Waals surface area contributed by atoms with E-state index in [4.69, 9.17) is 16.6 Å². The van der Waals surface area contributed by atoms with Crippen LogP contribution in [0, 0.1) is 0 Å². The zero-order valence-corrected chi connectivity index (χ0v) is 9.55.